The third kappa shape index (κ3) is 4.59. The zero-order valence-corrected chi connectivity index (χ0v) is 20.4. The fourth-order valence-corrected chi connectivity index (χ4v) is 6.42. The Balaban J connectivity index is 1.36. The summed E-state index contributed by atoms with van der Waals surface area (Å²) >= 11 is 6.23. The molecule has 1 unspecified atom stereocenters. The number of ketones is 1. The second-order valence-electron chi connectivity index (χ2n) is 10.6. The molecular formula is C26H27ClF2N4O3. The SMILES string of the molecule is N#C[C@H](C[C@@H]1CCCCC1=O)NC(=O)C1CC2(CN1C(=O)c1cc3cccc(Cl)c3[nH]1)CC(F)(F)C2. The molecule has 0 radical (unpaired) electrons. The summed E-state index contributed by atoms with van der Waals surface area (Å²) in [6, 6.07) is 7.03. The number of hydrogen-bond donors (Lipinski definition) is 2. The number of nitrogens with zero attached hydrogens (tertiary/aromatic N) is 2. The molecule has 1 aromatic heterocycles. The van der Waals surface area contributed by atoms with Crippen LogP contribution in [0.15, 0.2) is 24.3 Å². The predicted molar refractivity (Wildman–Crippen MR) is 128 cm³/mol. The smallest absolute Gasteiger partial charge is 0.271 e. The first-order chi connectivity index (χ1) is 17.1. The van der Waals surface area contributed by atoms with E-state index in [1.807, 2.05) is 0 Å². The average Bonchev–Trinajstić information content (AvgIpc) is 3.42. The summed E-state index contributed by atoms with van der Waals surface area (Å²) in [4.78, 5) is 43.4. The Bertz CT molecular complexity index is 1260. The van der Waals surface area contributed by atoms with Crippen molar-refractivity contribution in [3.05, 3.63) is 35.0 Å². The predicted octanol–water partition coefficient (Wildman–Crippen LogP) is 4.61. The van der Waals surface area contributed by atoms with E-state index in [1.54, 1.807) is 24.3 Å². The van der Waals surface area contributed by atoms with Gasteiger partial charge in [-0.25, -0.2) is 8.78 Å². The standard InChI is InChI=1S/C26H27ClF2N4O3/c27-18-6-3-5-16-9-19(32-22(16)18)24(36)33-14-25(12-26(28,29)13-25)10-20(33)23(35)31-17(11-30)8-15-4-1-2-7-21(15)34/h3,5-6,9,15,17,20,32H,1-2,4,7-8,10,12-14H2,(H,31,35)/t15-,17-,20?/m0/s1. The van der Waals surface area contributed by atoms with Crippen molar-refractivity contribution in [2.75, 3.05) is 6.54 Å². The number of aromatic amines is 1. The van der Waals surface area contributed by atoms with Gasteiger partial charge in [0, 0.05) is 42.5 Å². The van der Waals surface area contributed by atoms with Crippen molar-refractivity contribution in [2.24, 2.45) is 11.3 Å². The van der Waals surface area contributed by atoms with Crippen LogP contribution in [0.2, 0.25) is 5.02 Å². The number of nitriles is 1. The number of amides is 2. The van der Waals surface area contributed by atoms with Crippen LogP contribution < -0.4 is 5.32 Å². The zero-order valence-electron chi connectivity index (χ0n) is 19.7. The molecule has 1 saturated heterocycles. The van der Waals surface area contributed by atoms with Crippen LogP contribution in [0.5, 0.6) is 0 Å². The number of alkyl halides is 2. The van der Waals surface area contributed by atoms with Gasteiger partial charge in [0.25, 0.3) is 5.91 Å². The van der Waals surface area contributed by atoms with E-state index >= 15 is 0 Å². The van der Waals surface area contributed by atoms with Gasteiger partial charge in [0.15, 0.2) is 0 Å². The molecule has 2 amide bonds. The molecule has 10 heteroatoms. The lowest BCUT2D eigenvalue weighted by Crippen LogP contribution is -2.49. The van der Waals surface area contributed by atoms with Crippen molar-refractivity contribution < 1.29 is 23.2 Å². The second kappa shape index (κ2) is 9.15. The van der Waals surface area contributed by atoms with Crippen molar-refractivity contribution in [1.82, 2.24) is 15.2 Å². The number of carbonyl (C=O) groups is 3. The first-order valence-electron chi connectivity index (χ1n) is 12.3. The van der Waals surface area contributed by atoms with Gasteiger partial charge < -0.3 is 15.2 Å². The molecule has 36 heavy (non-hydrogen) atoms. The molecule has 3 atom stereocenters. The number of fused-ring (bicyclic) bond motifs is 1. The van der Waals surface area contributed by atoms with E-state index in [4.69, 9.17) is 11.6 Å². The van der Waals surface area contributed by atoms with Gasteiger partial charge in [-0.15, -0.1) is 0 Å². The Morgan fingerprint density at radius 1 is 1.31 bits per heavy atom. The highest BCUT2D eigenvalue weighted by molar-refractivity contribution is 6.35. The Hall–Kier alpha value is -2.99. The fraction of sp³-hybridized carbons (Fsp3) is 0.538. The molecule has 2 aromatic rings. The summed E-state index contributed by atoms with van der Waals surface area (Å²) in [6.07, 6.45) is 2.44. The monoisotopic (exact) mass is 516 g/mol. The van der Waals surface area contributed by atoms with Crippen LogP contribution >= 0.6 is 11.6 Å². The van der Waals surface area contributed by atoms with E-state index in [1.165, 1.54) is 4.90 Å². The topological polar surface area (TPSA) is 106 Å². The maximum atomic E-state index is 13.9. The highest BCUT2D eigenvalue weighted by Crippen LogP contribution is 2.58. The average molecular weight is 517 g/mol. The Kier molecular flexibility index (Phi) is 6.27. The molecule has 190 valence electrons. The van der Waals surface area contributed by atoms with E-state index in [-0.39, 0.29) is 49.6 Å². The molecule has 2 N–H and O–H groups in total. The number of benzene rings is 1. The Morgan fingerprint density at radius 2 is 2.08 bits per heavy atom. The number of rotatable bonds is 5. The molecule has 7 nitrogen and oxygen atoms in total. The quantitative estimate of drug-likeness (QED) is 0.605. The zero-order chi connectivity index (χ0) is 25.7. The Morgan fingerprint density at radius 3 is 2.75 bits per heavy atom. The van der Waals surface area contributed by atoms with Crippen LogP contribution in [0, 0.1) is 22.7 Å². The van der Waals surface area contributed by atoms with Crippen molar-refractivity contribution in [1.29, 1.82) is 5.26 Å². The summed E-state index contributed by atoms with van der Waals surface area (Å²) < 4.78 is 27.7. The van der Waals surface area contributed by atoms with E-state index < -0.39 is 35.2 Å². The maximum absolute atomic E-state index is 13.9. The second-order valence-corrected chi connectivity index (χ2v) is 11.0. The van der Waals surface area contributed by atoms with Gasteiger partial charge in [-0.1, -0.05) is 30.2 Å². The highest BCUT2D eigenvalue weighted by atomic mass is 35.5. The van der Waals surface area contributed by atoms with Crippen LogP contribution in [0.4, 0.5) is 8.78 Å². The largest absolute Gasteiger partial charge is 0.349 e. The molecule has 2 aliphatic carbocycles. The van der Waals surface area contributed by atoms with Crippen molar-refractivity contribution in [3.63, 3.8) is 0 Å². The summed E-state index contributed by atoms with van der Waals surface area (Å²) in [5, 5.41) is 13.5. The number of Topliss-reactive ketones (excluding diaryl/α,β-unsaturated/α-hetero) is 1. The van der Waals surface area contributed by atoms with Gasteiger partial charge in [-0.05, 0) is 37.8 Å². The minimum Gasteiger partial charge on any atom is -0.349 e. The van der Waals surface area contributed by atoms with Crippen molar-refractivity contribution in [2.45, 2.75) is 69.4 Å². The van der Waals surface area contributed by atoms with Crippen molar-refractivity contribution in [3.8, 4) is 6.07 Å². The Labute approximate surface area is 212 Å². The number of halogens is 3. The lowest BCUT2D eigenvalue weighted by molar-refractivity contribution is -0.155. The lowest BCUT2D eigenvalue weighted by atomic mass is 9.65. The number of nitrogens with one attached hydrogen (secondary N) is 2. The van der Waals surface area contributed by atoms with Gasteiger partial charge in [0.1, 0.15) is 23.6 Å². The van der Waals surface area contributed by atoms with E-state index in [0.29, 0.717) is 23.4 Å². The summed E-state index contributed by atoms with van der Waals surface area (Å²) in [7, 11) is 0. The number of H-pyrrole nitrogens is 1. The van der Waals surface area contributed by atoms with Gasteiger partial charge in [-0.2, -0.15) is 5.26 Å². The third-order valence-electron chi connectivity index (χ3n) is 7.85. The number of para-hydroxylation sites is 1. The third-order valence-corrected chi connectivity index (χ3v) is 8.16. The molecule has 1 spiro atoms. The van der Waals surface area contributed by atoms with E-state index in [0.717, 1.165) is 18.2 Å². The van der Waals surface area contributed by atoms with Gasteiger partial charge in [0.05, 0.1) is 16.6 Å². The van der Waals surface area contributed by atoms with Crippen molar-refractivity contribution >= 4 is 40.1 Å². The number of aromatic nitrogens is 1. The molecule has 3 fully saturated rings. The van der Waals surface area contributed by atoms with Gasteiger partial charge in [0.2, 0.25) is 11.8 Å². The van der Waals surface area contributed by atoms with Gasteiger partial charge >= 0.3 is 0 Å². The summed E-state index contributed by atoms with van der Waals surface area (Å²) in [5.74, 6) is -4.03. The lowest BCUT2D eigenvalue weighted by Gasteiger charge is -2.44. The molecule has 2 saturated carbocycles. The first kappa shape index (κ1) is 24.7. The minimum atomic E-state index is -2.81. The normalized spacial score (nSPS) is 25.4. The molecule has 0 bridgehead atoms. The van der Waals surface area contributed by atoms with E-state index in [9.17, 15) is 28.4 Å². The molecule has 2 heterocycles. The maximum Gasteiger partial charge on any atom is 0.271 e. The number of hydrogen-bond acceptors (Lipinski definition) is 4. The summed E-state index contributed by atoms with van der Waals surface area (Å²) in [5.41, 5.74) is -0.0512. The first-order valence-corrected chi connectivity index (χ1v) is 12.7. The van der Waals surface area contributed by atoms with Crippen LogP contribution in [-0.2, 0) is 9.59 Å². The highest BCUT2D eigenvalue weighted by Gasteiger charge is 2.62. The minimum absolute atomic E-state index is 0.0287. The van der Waals surface area contributed by atoms with Crippen LogP contribution in [0.3, 0.4) is 0 Å². The van der Waals surface area contributed by atoms with Crippen LogP contribution in [-0.4, -0.2) is 52.0 Å². The summed E-state index contributed by atoms with van der Waals surface area (Å²) in [6.45, 7) is 0.0287. The molecule has 5 rings (SSSR count). The molecular weight excluding hydrogens is 490 g/mol. The van der Waals surface area contributed by atoms with E-state index in [2.05, 4.69) is 16.4 Å². The number of likely N-dealkylation sites (tertiary alicyclic amines) is 1. The molecule has 3 aliphatic rings. The fourth-order valence-electron chi connectivity index (χ4n) is 6.20. The molecule has 1 aliphatic heterocycles. The molecule has 1 aromatic carbocycles. The number of carbonyl (C=O) groups excluding carboxylic acids is 3. The van der Waals surface area contributed by atoms with Crippen LogP contribution in [0.1, 0.15) is 61.9 Å². The van der Waals surface area contributed by atoms with Crippen LogP contribution in [0.25, 0.3) is 10.9 Å². The van der Waals surface area contributed by atoms with Gasteiger partial charge in [-0.3, -0.25) is 14.4 Å².